The number of rotatable bonds is 5. The molecule has 1 aliphatic heterocycles. The van der Waals surface area contributed by atoms with Crippen LogP contribution in [0.25, 0.3) is 6.08 Å². The normalized spacial score (nSPS) is 15.6. The van der Waals surface area contributed by atoms with Crippen molar-refractivity contribution in [3.05, 3.63) is 93.9 Å². The van der Waals surface area contributed by atoms with Gasteiger partial charge in [0.15, 0.2) is 16.7 Å². The summed E-state index contributed by atoms with van der Waals surface area (Å²) < 4.78 is 10.8. The summed E-state index contributed by atoms with van der Waals surface area (Å²) in [5, 5.41) is 3.83. The van der Waals surface area contributed by atoms with E-state index in [1.165, 1.54) is 18.9 Å². The lowest BCUT2D eigenvalue weighted by Crippen LogP contribution is -2.19. The average molecular weight is 465 g/mol. The summed E-state index contributed by atoms with van der Waals surface area (Å²) in [5.41, 5.74) is 1.84. The van der Waals surface area contributed by atoms with Crippen LogP contribution in [-0.2, 0) is 4.79 Å². The van der Waals surface area contributed by atoms with E-state index in [0.29, 0.717) is 37.7 Å². The minimum absolute atomic E-state index is 0.249. The number of hydrogen-bond acceptors (Lipinski definition) is 6. The van der Waals surface area contributed by atoms with Crippen LogP contribution in [0, 0.1) is 0 Å². The quantitative estimate of drug-likeness (QED) is 0.308. The van der Waals surface area contributed by atoms with Crippen LogP contribution in [0.1, 0.15) is 15.9 Å². The molecule has 0 bridgehead atoms. The fourth-order valence-corrected chi connectivity index (χ4v) is 3.82. The van der Waals surface area contributed by atoms with E-state index in [0.717, 1.165) is 0 Å². The molecule has 4 rings (SSSR count). The molecule has 1 amide bonds. The Hall–Kier alpha value is -3.55. The maximum atomic E-state index is 12.4. The van der Waals surface area contributed by atoms with Crippen molar-refractivity contribution in [1.29, 1.82) is 0 Å². The van der Waals surface area contributed by atoms with Crippen LogP contribution in [0.5, 0.6) is 11.5 Å². The van der Waals surface area contributed by atoms with Gasteiger partial charge >= 0.3 is 5.97 Å². The Morgan fingerprint density at radius 2 is 1.78 bits per heavy atom. The predicted octanol–water partition coefficient (Wildman–Crippen LogP) is 5.46. The number of carbonyl (C=O) groups excluding carboxylic acids is 2. The second-order valence-electron chi connectivity index (χ2n) is 6.62. The molecule has 1 fully saturated rings. The van der Waals surface area contributed by atoms with E-state index < -0.39 is 5.97 Å². The van der Waals surface area contributed by atoms with Crippen LogP contribution in [0.4, 0.5) is 5.69 Å². The van der Waals surface area contributed by atoms with Gasteiger partial charge in [0.1, 0.15) is 0 Å². The molecular formula is C24H17ClN2O4S. The molecule has 0 atom stereocenters. The van der Waals surface area contributed by atoms with E-state index in [-0.39, 0.29) is 11.7 Å². The van der Waals surface area contributed by atoms with Gasteiger partial charge in [0, 0.05) is 5.02 Å². The summed E-state index contributed by atoms with van der Waals surface area (Å²) in [6.07, 6.45) is 1.72. The molecule has 3 aromatic rings. The first-order valence-electron chi connectivity index (χ1n) is 9.52. The number of ether oxygens (including phenoxy) is 2. The molecule has 1 N–H and O–H groups in total. The van der Waals surface area contributed by atoms with Gasteiger partial charge in [-0.2, -0.15) is 0 Å². The third-order valence-electron chi connectivity index (χ3n) is 4.41. The maximum Gasteiger partial charge on any atom is 0.343 e. The molecule has 3 aromatic carbocycles. The number of nitrogens with zero attached hydrogens (tertiary/aromatic N) is 1. The highest BCUT2D eigenvalue weighted by Gasteiger charge is 2.24. The first kappa shape index (κ1) is 21.7. The van der Waals surface area contributed by atoms with Gasteiger partial charge in [-0.25, -0.2) is 9.79 Å². The van der Waals surface area contributed by atoms with E-state index in [1.54, 1.807) is 72.8 Å². The van der Waals surface area contributed by atoms with E-state index in [1.807, 2.05) is 6.07 Å². The number of benzene rings is 3. The van der Waals surface area contributed by atoms with E-state index >= 15 is 0 Å². The van der Waals surface area contributed by atoms with Gasteiger partial charge in [-0.3, -0.25) is 4.79 Å². The van der Waals surface area contributed by atoms with E-state index in [4.69, 9.17) is 21.1 Å². The van der Waals surface area contributed by atoms with E-state index in [9.17, 15) is 9.59 Å². The summed E-state index contributed by atoms with van der Waals surface area (Å²) in [5.74, 6) is -0.0656. The predicted molar refractivity (Wildman–Crippen MR) is 127 cm³/mol. The van der Waals surface area contributed by atoms with E-state index in [2.05, 4.69) is 10.3 Å². The molecular weight excluding hydrogens is 448 g/mol. The Morgan fingerprint density at radius 1 is 1.03 bits per heavy atom. The molecule has 0 unspecified atom stereocenters. The Morgan fingerprint density at radius 3 is 2.50 bits per heavy atom. The molecule has 160 valence electrons. The average Bonchev–Trinajstić information content (AvgIpc) is 3.15. The van der Waals surface area contributed by atoms with Crippen molar-refractivity contribution in [3.63, 3.8) is 0 Å². The molecule has 0 spiro atoms. The second kappa shape index (κ2) is 9.72. The van der Waals surface area contributed by atoms with Crippen molar-refractivity contribution in [2.75, 3.05) is 7.11 Å². The SMILES string of the molecule is COc1cc(/C=C2\SC(=Nc3ccc(Cl)cc3)NC2=O)ccc1OC(=O)c1ccccc1. The summed E-state index contributed by atoms with van der Waals surface area (Å²) in [6, 6.07) is 20.8. The minimum Gasteiger partial charge on any atom is -0.493 e. The molecule has 32 heavy (non-hydrogen) atoms. The summed E-state index contributed by atoms with van der Waals surface area (Å²) in [6.45, 7) is 0. The Balaban J connectivity index is 1.52. The van der Waals surface area contributed by atoms with Crippen LogP contribution >= 0.6 is 23.4 Å². The number of nitrogens with one attached hydrogen (secondary N) is 1. The van der Waals surface area contributed by atoms with Gasteiger partial charge in [-0.05, 0) is 71.9 Å². The van der Waals surface area contributed by atoms with Crippen LogP contribution < -0.4 is 14.8 Å². The first-order chi connectivity index (χ1) is 15.5. The second-order valence-corrected chi connectivity index (χ2v) is 8.09. The Labute approximate surface area is 193 Å². The fourth-order valence-electron chi connectivity index (χ4n) is 2.86. The summed E-state index contributed by atoms with van der Waals surface area (Å²) in [7, 11) is 1.49. The fraction of sp³-hybridized carbons (Fsp3) is 0.0417. The zero-order valence-electron chi connectivity index (χ0n) is 16.9. The molecule has 0 saturated carbocycles. The van der Waals surface area contributed by atoms with Crippen molar-refractivity contribution in [2.24, 2.45) is 4.99 Å². The number of carbonyl (C=O) groups is 2. The monoisotopic (exact) mass is 464 g/mol. The lowest BCUT2D eigenvalue weighted by atomic mass is 10.2. The zero-order chi connectivity index (χ0) is 22.5. The van der Waals surface area contributed by atoms with Crippen LogP contribution in [0.15, 0.2) is 82.7 Å². The smallest absolute Gasteiger partial charge is 0.343 e. The van der Waals surface area contributed by atoms with Crippen molar-refractivity contribution in [2.45, 2.75) is 0 Å². The maximum absolute atomic E-state index is 12.4. The number of aliphatic imine (C=N–C) groups is 1. The van der Waals surface area contributed by atoms with Crippen LogP contribution in [0.2, 0.25) is 5.02 Å². The largest absolute Gasteiger partial charge is 0.493 e. The highest BCUT2D eigenvalue weighted by atomic mass is 35.5. The topological polar surface area (TPSA) is 77.0 Å². The van der Waals surface area contributed by atoms with Gasteiger partial charge in [-0.15, -0.1) is 0 Å². The lowest BCUT2D eigenvalue weighted by Gasteiger charge is -2.10. The standard InChI is InChI=1S/C24H17ClN2O4S/c1-30-20-13-15(7-12-19(20)31-23(29)16-5-3-2-4-6-16)14-21-22(28)27-24(32-21)26-18-10-8-17(25)9-11-18/h2-14H,1H3,(H,26,27,28)/b21-14-. The molecule has 1 saturated heterocycles. The van der Waals surface area contributed by atoms with Crippen molar-refractivity contribution in [3.8, 4) is 11.5 Å². The van der Waals surface area contributed by atoms with Crippen molar-refractivity contribution < 1.29 is 19.1 Å². The Kier molecular flexibility index (Phi) is 6.58. The Bertz CT molecular complexity index is 1220. The highest BCUT2D eigenvalue weighted by molar-refractivity contribution is 8.18. The molecule has 8 heteroatoms. The summed E-state index contributed by atoms with van der Waals surface area (Å²) >= 11 is 7.12. The van der Waals surface area contributed by atoms with Gasteiger partial charge < -0.3 is 14.8 Å². The van der Waals surface area contributed by atoms with Crippen molar-refractivity contribution >= 4 is 52.2 Å². The number of amidine groups is 1. The highest BCUT2D eigenvalue weighted by Crippen LogP contribution is 2.32. The third-order valence-corrected chi connectivity index (χ3v) is 5.57. The first-order valence-corrected chi connectivity index (χ1v) is 10.7. The number of thioether (sulfide) groups is 1. The summed E-state index contributed by atoms with van der Waals surface area (Å²) in [4.78, 5) is 29.6. The van der Waals surface area contributed by atoms with Gasteiger partial charge in [0.25, 0.3) is 5.91 Å². The van der Waals surface area contributed by atoms with Gasteiger partial charge in [-0.1, -0.05) is 35.9 Å². The van der Waals surface area contributed by atoms with Gasteiger partial charge in [0.05, 0.1) is 23.3 Å². The van der Waals surface area contributed by atoms with Crippen LogP contribution in [0.3, 0.4) is 0 Å². The van der Waals surface area contributed by atoms with Crippen molar-refractivity contribution in [1.82, 2.24) is 5.32 Å². The van der Waals surface area contributed by atoms with Gasteiger partial charge in [0.2, 0.25) is 0 Å². The molecule has 0 aromatic heterocycles. The number of hydrogen-bond donors (Lipinski definition) is 1. The molecule has 6 nitrogen and oxygen atoms in total. The lowest BCUT2D eigenvalue weighted by molar-refractivity contribution is -0.115. The van der Waals surface area contributed by atoms with Crippen LogP contribution in [-0.4, -0.2) is 24.2 Å². The molecule has 1 heterocycles. The number of methoxy groups -OCH3 is 1. The number of esters is 1. The number of halogens is 1. The number of amides is 1. The zero-order valence-corrected chi connectivity index (χ0v) is 18.4. The third kappa shape index (κ3) is 5.19. The molecule has 0 radical (unpaired) electrons. The minimum atomic E-state index is -0.483. The molecule has 0 aliphatic carbocycles. The molecule has 1 aliphatic rings.